The van der Waals surface area contributed by atoms with E-state index in [1.165, 1.54) is 0 Å². The molecule has 0 fully saturated rings. The molecule has 0 atom stereocenters. The van der Waals surface area contributed by atoms with Crippen LogP contribution in [0.4, 0.5) is 4.79 Å². The first-order valence-electron chi connectivity index (χ1n) is 1.60. The molecule has 7 heteroatoms. The van der Waals surface area contributed by atoms with Crippen molar-refractivity contribution < 1.29 is 34.5 Å². The molecular weight excluding hydrogens is 136 g/mol. The Bertz CT molecular complexity index is 97.1. The first-order valence-corrected chi connectivity index (χ1v) is 1.60. The number of rotatable bonds is 4. The van der Waals surface area contributed by atoms with Gasteiger partial charge >= 0.3 is 12.6 Å². The Morgan fingerprint density at radius 1 is 1.44 bits per heavy atom. The number of carbonyl (C=O) groups excluding carboxylic acids is 1. The normalized spacial score (nSPS) is 8.00. The van der Waals surface area contributed by atoms with E-state index in [9.17, 15) is 9.59 Å². The molecule has 0 unspecified atom stereocenters. The average molecular weight is 138 g/mol. The fourth-order valence-electron chi connectivity index (χ4n) is 0.0751. The molecule has 0 aromatic heterocycles. The Balaban J connectivity index is 2.91. The fourth-order valence-corrected chi connectivity index (χ4v) is 0.0751. The van der Waals surface area contributed by atoms with Crippen LogP contribution in [0, 0.1) is 0 Å². The molecule has 0 aromatic carbocycles. The molecule has 0 saturated carbocycles. The van der Waals surface area contributed by atoms with Crippen molar-refractivity contribution in [1.82, 2.24) is 0 Å². The highest BCUT2D eigenvalue weighted by Crippen LogP contribution is 1.80. The third kappa shape index (κ3) is 6.66. The summed E-state index contributed by atoms with van der Waals surface area (Å²) in [5.41, 5.74) is 0. The van der Waals surface area contributed by atoms with Crippen LogP contribution < -0.4 is 0 Å². The van der Waals surface area contributed by atoms with Gasteiger partial charge in [-0.05, 0) is 0 Å². The molecule has 0 radical (unpaired) electrons. The van der Waals surface area contributed by atoms with Crippen LogP contribution in [0.15, 0.2) is 0 Å². The minimum Gasteiger partial charge on any atom is -0.448 e. The molecule has 0 saturated heterocycles. The van der Waals surface area contributed by atoms with Crippen LogP contribution in [-0.4, -0.2) is 17.7 Å². The highest BCUT2D eigenvalue weighted by molar-refractivity contribution is 5.55. The molecule has 7 nitrogen and oxygen atoms in total. The van der Waals surface area contributed by atoms with Crippen LogP contribution in [0.5, 0.6) is 0 Å². The van der Waals surface area contributed by atoms with Gasteiger partial charge in [-0.25, -0.2) is 9.68 Å². The lowest BCUT2D eigenvalue weighted by atomic mass is 11.4. The molecule has 0 aromatic rings. The zero-order valence-corrected chi connectivity index (χ0v) is 3.97. The van der Waals surface area contributed by atoms with Crippen LogP contribution in [0.3, 0.4) is 0 Å². The zero-order chi connectivity index (χ0) is 7.11. The lowest BCUT2D eigenvalue weighted by Gasteiger charge is -1.91. The Kier molecular flexibility index (Phi) is 4.09. The molecule has 0 spiro atoms. The zero-order valence-electron chi connectivity index (χ0n) is 3.97. The molecule has 1 N–H and O–H groups in total. The summed E-state index contributed by atoms with van der Waals surface area (Å²) in [6, 6.07) is 0. The molecule has 0 aliphatic heterocycles. The number of carboxylic acid groups (broad SMARTS) is 1. The van der Waals surface area contributed by atoms with Gasteiger partial charge in [-0.1, -0.05) is 0 Å². The van der Waals surface area contributed by atoms with Crippen LogP contribution in [0.25, 0.3) is 0 Å². The summed E-state index contributed by atoms with van der Waals surface area (Å²) in [6.07, 6.45) is -1.72. The van der Waals surface area contributed by atoms with Crippen molar-refractivity contribution in [3.05, 3.63) is 0 Å². The standard InChI is InChI=1S/C2H2O7/c3-1-6-8-9-7-2(4)5/h1H,(H,4,5). The SMILES string of the molecule is O=COOOOC(=O)O. The van der Waals surface area contributed by atoms with Crippen molar-refractivity contribution in [2.24, 2.45) is 0 Å². The molecule has 0 amide bonds. The van der Waals surface area contributed by atoms with Gasteiger partial charge in [0.15, 0.2) is 0 Å². The van der Waals surface area contributed by atoms with Gasteiger partial charge in [0.25, 0.3) is 0 Å². The van der Waals surface area contributed by atoms with E-state index >= 15 is 0 Å². The summed E-state index contributed by atoms with van der Waals surface area (Å²) < 4.78 is 0. The van der Waals surface area contributed by atoms with E-state index in [0.29, 0.717) is 0 Å². The first-order chi connectivity index (χ1) is 4.27. The highest BCUT2D eigenvalue weighted by atomic mass is 17.7. The summed E-state index contributed by atoms with van der Waals surface area (Å²) in [5.74, 6) is 0. The summed E-state index contributed by atoms with van der Waals surface area (Å²) in [4.78, 5) is 25.3. The smallest absolute Gasteiger partial charge is 0.448 e. The van der Waals surface area contributed by atoms with E-state index in [1.807, 2.05) is 0 Å². The molecule has 0 aliphatic carbocycles. The topological polar surface area (TPSA) is 91.3 Å². The van der Waals surface area contributed by atoms with E-state index < -0.39 is 6.16 Å². The predicted octanol–water partition coefficient (Wildman–Crippen LogP) is -0.368. The second kappa shape index (κ2) is 4.81. The third-order valence-corrected chi connectivity index (χ3v) is 0.212. The molecule has 0 rings (SSSR count). The van der Waals surface area contributed by atoms with Crippen LogP contribution >= 0.6 is 0 Å². The monoisotopic (exact) mass is 138 g/mol. The van der Waals surface area contributed by atoms with Crippen molar-refractivity contribution in [1.29, 1.82) is 0 Å². The van der Waals surface area contributed by atoms with Gasteiger partial charge < -0.3 is 5.11 Å². The highest BCUT2D eigenvalue weighted by Gasteiger charge is 1.96. The summed E-state index contributed by atoms with van der Waals surface area (Å²) in [7, 11) is 0. The van der Waals surface area contributed by atoms with Gasteiger partial charge in [-0.15, -0.1) is 0 Å². The second-order valence-electron chi connectivity index (χ2n) is 0.678. The van der Waals surface area contributed by atoms with E-state index in [1.54, 1.807) is 0 Å². The van der Waals surface area contributed by atoms with E-state index in [2.05, 4.69) is 19.9 Å². The van der Waals surface area contributed by atoms with Crippen LogP contribution in [0.1, 0.15) is 0 Å². The average Bonchev–Trinajstić information content (AvgIpc) is 1.80. The quantitative estimate of drug-likeness (QED) is 0.245. The first kappa shape index (κ1) is 7.66. The molecule has 0 bridgehead atoms. The van der Waals surface area contributed by atoms with Crippen molar-refractivity contribution >= 4 is 12.6 Å². The van der Waals surface area contributed by atoms with Crippen LogP contribution in [-0.2, 0) is 24.6 Å². The van der Waals surface area contributed by atoms with Gasteiger partial charge in [-0.3, -0.25) is 9.68 Å². The van der Waals surface area contributed by atoms with Crippen molar-refractivity contribution in [2.45, 2.75) is 0 Å². The van der Waals surface area contributed by atoms with Crippen molar-refractivity contribution in [2.75, 3.05) is 0 Å². The maximum atomic E-state index is 9.39. The van der Waals surface area contributed by atoms with Gasteiger partial charge in [0.1, 0.15) is 0 Å². The maximum absolute atomic E-state index is 9.39. The van der Waals surface area contributed by atoms with Crippen molar-refractivity contribution in [3.8, 4) is 0 Å². The summed E-state index contributed by atoms with van der Waals surface area (Å²) in [5, 5.41) is 14.2. The van der Waals surface area contributed by atoms with E-state index in [0.717, 1.165) is 0 Å². The lowest BCUT2D eigenvalue weighted by molar-refractivity contribution is -0.597. The number of hydrogen-bond acceptors (Lipinski definition) is 6. The number of carbonyl (C=O) groups is 2. The second-order valence-corrected chi connectivity index (χ2v) is 0.678. The lowest BCUT2D eigenvalue weighted by Crippen LogP contribution is -2.02. The van der Waals surface area contributed by atoms with E-state index in [4.69, 9.17) is 5.11 Å². The predicted molar refractivity (Wildman–Crippen MR) is 18.4 cm³/mol. The minimum absolute atomic E-state index is 0.120. The number of hydrogen-bond donors (Lipinski definition) is 1. The molecular formula is C2H2O7. The fraction of sp³-hybridized carbons (Fsp3) is 0. The van der Waals surface area contributed by atoms with Gasteiger partial charge in [0, 0.05) is 10.1 Å². The van der Waals surface area contributed by atoms with Gasteiger partial charge in [0.2, 0.25) is 0 Å². The Labute approximate surface area is 48.5 Å². The summed E-state index contributed by atoms with van der Waals surface area (Å²) >= 11 is 0. The van der Waals surface area contributed by atoms with Gasteiger partial charge in [0.05, 0.1) is 0 Å². The molecule has 9 heavy (non-hydrogen) atoms. The maximum Gasteiger partial charge on any atom is 0.540 e. The van der Waals surface area contributed by atoms with Gasteiger partial charge in [-0.2, -0.15) is 0 Å². The Hall–Kier alpha value is -1.34. The molecule has 0 aliphatic rings. The van der Waals surface area contributed by atoms with Crippen LogP contribution in [0.2, 0.25) is 0 Å². The summed E-state index contributed by atoms with van der Waals surface area (Å²) in [6.45, 7) is -0.120. The third-order valence-electron chi connectivity index (χ3n) is 0.212. The minimum atomic E-state index is -1.72. The molecule has 52 valence electrons. The van der Waals surface area contributed by atoms with E-state index in [-0.39, 0.29) is 6.47 Å². The Morgan fingerprint density at radius 2 is 2.11 bits per heavy atom. The van der Waals surface area contributed by atoms with Crippen molar-refractivity contribution in [3.63, 3.8) is 0 Å². The molecule has 0 heterocycles. The largest absolute Gasteiger partial charge is 0.540 e. The Morgan fingerprint density at radius 3 is 2.56 bits per heavy atom.